The van der Waals surface area contributed by atoms with E-state index in [1.807, 2.05) is 28.9 Å². The second-order valence-electron chi connectivity index (χ2n) is 8.16. The molecular weight excluding hydrogens is 376 g/mol. The van der Waals surface area contributed by atoms with Crippen molar-refractivity contribution >= 4 is 11.2 Å². The fourth-order valence-electron chi connectivity index (χ4n) is 4.45. The van der Waals surface area contributed by atoms with E-state index in [1.54, 1.807) is 6.20 Å². The van der Waals surface area contributed by atoms with Gasteiger partial charge >= 0.3 is 0 Å². The first kappa shape index (κ1) is 19.2. The number of rotatable bonds is 7. The summed E-state index contributed by atoms with van der Waals surface area (Å²) in [5.41, 5.74) is 3.72. The van der Waals surface area contributed by atoms with E-state index in [0.29, 0.717) is 0 Å². The average Bonchev–Trinajstić information content (AvgIpc) is 3.27. The minimum absolute atomic E-state index is 0.762. The molecule has 0 saturated carbocycles. The third-order valence-electron chi connectivity index (χ3n) is 6.13. The van der Waals surface area contributed by atoms with E-state index in [1.165, 1.54) is 17.7 Å². The number of benzene rings is 1. The molecule has 6 heteroatoms. The predicted molar refractivity (Wildman–Crippen MR) is 119 cm³/mol. The van der Waals surface area contributed by atoms with Crippen LogP contribution in [0.15, 0.2) is 48.8 Å². The summed E-state index contributed by atoms with van der Waals surface area (Å²) in [6.07, 6.45) is 8.26. The molecule has 5 rings (SSSR count). The van der Waals surface area contributed by atoms with Gasteiger partial charge in [0, 0.05) is 44.6 Å². The summed E-state index contributed by atoms with van der Waals surface area (Å²) < 4.78 is 13.8. The van der Waals surface area contributed by atoms with Crippen molar-refractivity contribution in [2.45, 2.75) is 25.7 Å². The van der Waals surface area contributed by atoms with Crippen LogP contribution in [0.25, 0.3) is 5.52 Å². The van der Waals surface area contributed by atoms with Crippen molar-refractivity contribution in [2.24, 2.45) is 0 Å². The third-order valence-corrected chi connectivity index (χ3v) is 6.13. The number of para-hydroxylation sites is 1. The SMILES string of the molecule is c1cc2c(c(N3CCN(CCCCOc4ccn5nccc5c4)CC3)c1)OCCC2. The van der Waals surface area contributed by atoms with Gasteiger partial charge in [-0.2, -0.15) is 5.10 Å². The molecule has 2 aromatic heterocycles. The topological polar surface area (TPSA) is 42.2 Å². The predicted octanol–water partition coefficient (Wildman–Crippen LogP) is 3.64. The molecule has 30 heavy (non-hydrogen) atoms. The maximum atomic E-state index is 6.01. The number of unbranched alkanes of at least 4 members (excludes halogenated alkanes) is 1. The Labute approximate surface area is 178 Å². The van der Waals surface area contributed by atoms with Crippen LogP contribution in [-0.2, 0) is 6.42 Å². The fraction of sp³-hybridized carbons (Fsp3) is 0.458. The van der Waals surface area contributed by atoms with Crippen molar-refractivity contribution in [3.05, 3.63) is 54.4 Å². The van der Waals surface area contributed by atoms with Gasteiger partial charge in [0.05, 0.1) is 24.4 Å². The Morgan fingerprint density at radius 1 is 1.03 bits per heavy atom. The maximum Gasteiger partial charge on any atom is 0.145 e. The molecule has 0 N–H and O–H groups in total. The monoisotopic (exact) mass is 406 g/mol. The molecule has 1 aromatic carbocycles. The summed E-state index contributed by atoms with van der Waals surface area (Å²) in [6, 6.07) is 12.6. The summed E-state index contributed by atoms with van der Waals surface area (Å²) in [5.74, 6) is 2.05. The zero-order valence-electron chi connectivity index (χ0n) is 17.5. The van der Waals surface area contributed by atoms with Gasteiger partial charge in [-0.1, -0.05) is 12.1 Å². The fourth-order valence-corrected chi connectivity index (χ4v) is 4.45. The molecule has 0 atom stereocenters. The molecule has 0 radical (unpaired) electrons. The Morgan fingerprint density at radius 2 is 1.97 bits per heavy atom. The Balaban J connectivity index is 1.04. The number of hydrogen-bond donors (Lipinski definition) is 0. The molecule has 158 valence electrons. The van der Waals surface area contributed by atoms with Crippen LogP contribution in [0.3, 0.4) is 0 Å². The zero-order valence-corrected chi connectivity index (χ0v) is 17.5. The highest BCUT2D eigenvalue weighted by molar-refractivity contribution is 5.62. The molecular formula is C24H30N4O2. The van der Waals surface area contributed by atoms with Gasteiger partial charge in [0.2, 0.25) is 0 Å². The van der Waals surface area contributed by atoms with Crippen LogP contribution in [0.5, 0.6) is 11.5 Å². The van der Waals surface area contributed by atoms with Gasteiger partial charge in [0.25, 0.3) is 0 Å². The first-order valence-electron chi connectivity index (χ1n) is 11.1. The molecule has 0 bridgehead atoms. The third kappa shape index (κ3) is 4.24. The molecule has 4 heterocycles. The molecule has 0 aliphatic carbocycles. The van der Waals surface area contributed by atoms with Crippen LogP contribution in [-0.4, -0.2) is 60.5 Å². The van der Waals surface area contributed by atoms with Gasteiger partial charge in [-0.3, -0.25) is 4.90 Å². The molecule has 2 aliphatic rings. The lowest BCUT2D eigenvalue weighted by Gasteiger charge is -2.37. The van der Waals surface area contributed by atoms with E-state index in [2.05, 4.69) is 33.1 Å². The Bertz CT molecular complexity index is 978. The van der Waals surface area contributed by atoms with E-state index in [-0.39, 0.29) is 0 Å². The van der Waals surface area contributed by atoms with Crippen LogP contribution in [0.2, 0.25) is 0 Å². The van der Waals surface area contributed by atoms with Crippen molar-refractivity contribution in [1.82, 2.24) is 14.5 Å². The number of piperazine rings is 1. The van der Waals surface area contributed by atoms with Crippen LogP contribution < -0.4 is 14.4 Å². The van der Waals surface area contributed by atoms with Gasteiger partial charge in [0.15, 0.2) is 0 Å². The summed E-state index contributed by atoms with van der Waals surface area (Å²) in [6.45, 7) is 7.12. The number of hydrogen-bond acceptors (Lipinski definition) is 5. The molecule has 0 unspecified atom stereocenters. The van der Waals surface area contributed by atoms with Gasteiger partial charge < -0.3 is 14.4 Å². The van der Waals surface area contributed by atoms with Gasteiger partial charge in [-0.15, -0.1) is 0 Å². The molecule has 1 fully saturated rings. The van der Waals surface area contributed by atoms with E-state index in [0.717, 1.165) is 82.2 Å². The first-order chi connectivity index (χ1) is 14.9. The van der Waals surface area contributed by atoms with Crippen molar-refractivity contribution in [1.29, 1.82) is 0 Å². The van der Waals surface area contributed by atoms with E-state index < -0.39 is 0 Å². The van der Waals surface area contributed by atoms with Crippen LogP contribution in [0, 0.1) is 0 Å². The number of anilines is 1. The minimum atomic E-state index is 0.762. The number of pyridine rings is 1. The van der Waals surface area contributed by atoms with Crippen molar-refractivity contribution in [3.8, 4) is 11.5 Å². The van der Waals surface area contributed by atoms with Crippen molar-refractivity contribution < 1.29 is 9.47 Å². The number of fused-ring (bicyclic) bond motifs is 2. The highest BCUT2D eigenvalue weighted by Crippen LogP contribution is 2.35. The second kappa shape index (κ2) is 8.96. The molecule has 2 aliphatic heterocycles. The summed E-state index contributed by atoms with van der Waals surface area (Å²) in [4.78, 5) is 5.07. The highest BCUT2D eigenvalue weighted by Gasteiger charge is 2.22. The van der Waals surface area contributed by atoms with Gasteiger partial charge in [0.1, 0.15) is 11.5 Å². The van der Waals surface area contributed by atoms with Gasteiger partial charge in [-0.25, -0.2) is 4.52 Å². The van der Waals surface area contributed by atoms with Crippen LogP contribution in [0.4, 0.5) is 5.69 Å². The zero-order chi connectivity index (χ0) is 20.2. The Hall–Kier alpha value is -2.73. The number of aromatic nitrogens is 2. The standard InChI is InChI=1S/C24H30N4O2/c1(2-17-29-22-9-12-28-21(19-22)8-10-25-28)11-26-13-15-27(16-14-26)23-7-3-5-20-6-4-18-30-24(20)23/h3,5,7-10,12,19H,1-2,4,6,11,13-18H2. The number of nitrogens with zero attached hydrogens (tertiary/aromatic N) is 4. The maximum absolute atomic E-state index is 6.01. The smallest absolute Gasteiger partial charge is 0.145 e. The first-order valence-corrected chi connectivity index (χ1v) is 11.1. The molecule has 3 aromatic rings. The second-order valence-corrected chi connectivity index (χ2v) is 8.16. The lowest BCUT2D eigenvalue weighted by Crippen LogP contribution is -2.46. The average molecular weight is 407 g/mol. The minimum Gasteiger partial charge on any atom is -0.493 e. The van der Waals surface area contributed by atoms with E-state index in [9.17, 15) is 0 Å². The van der Waals surface area contributed by atoms with Crippen molar-refractivity contribution in [2.75, 3.05) is 50.8 Å². The Kier molecular flexibility index (Phi) is 5.75. The summed E-state index contributed by atoms with van der Waals surface area (Å²) in [7, 11) is 0. The van der Waals surface area contributed by atoms with Crippen LogP contribution >= 0.6 is 0 Å². The summed E-state index contributed by atoms with van der Waals surface area (Å²) >= 11 is 0. The normalized spacial score (nSPS) is 17.0. The highest BCUT2D eigenvalue weighted by atomic mass is 16.5. The number of aryl methyl sites for hydroxylation is 1. The molecule has 1 saturated heterocycles. The number of ether oxygens (including phenoxy) is 2. The van der Waals surface area contributed by atoms with Gasteiger partial charge in [-0.05, 0) is 56.0 Å². The van der Waals surface area contributed by atoms with Crippen LogP contribution in [0.1, 0.15) is 24.8 Å². The lowest BCUT2D eigenvalue weighted by atomic mass is 10.0. The summed E-state index contributed by atoms with van der Waals surface area (Å²) in [5, 5.41) is 4.21. The molecule has 6 nitrogen and oxygen atoms in total. The van der Waals surface area contributed by atoms with Crippen molar-refractivity contribution in [3.63, 3.8) is 0 Å². The largest absolute Gasteiger partial charge is 0.493 e. The lowest BCUT2D eigenvalue weighted by molar-refractivity contribution is 0.237. The Morgan fingerprint density at radius 3 is 2.90 bits per heavy atom. The van der Waals surface area contributed by atoms with E-state index in [4.69, 9.17) is 9.47 Å². The van der Waals surface area contributed by atoms with E-state index >= 15 is 0 Å². The molecule has 0 amide bonds. The molecule has 0 spiro atoms. The quantitative estimate of drug-likeness (QED) is 0.561.